The number of para-hydroxylation sites is 1. The molecule has 2 aromatic heterocycles. The molecular formula is C23H22N2O4S. The van der Waals surface area contributed by atoms with Crippen LogP contribution in [-0.2, 0) is 11.3 Å². The number of hydrogen-bond acceptors (Lipinski definition) is 5. The van der Waals surface area contributed by atoms with Crippen LogP contribution < -0.4 is 5.32 Å². The van der Waals surface area contributed by atoms with Gasteiger partial charge in [0, 0.05) is 23.5 Å². The van der Waals surface area contributed by atoms with Crippen LogP contribution in [0.15, 0.2) is 60.5 Å². The molecule has 30 heavy (non-hydrogen) atoms. The van der Waals surface area contributed by atoms with Gasteiger partial charge in [0.1, 0.15) is 0 Å². The molecule has 3 aromatic rings. The van der Waals surface area contributed by atoms with Gasteiger partial charge in [0.05, 0.1) is 16.1 Å². The van der Waals surface area contributed by atoms with E-state index in [4.69, 9.17) is 4.74 Å². The Balaban J connectivity index is 1.70. The minimum absolute atomic E-state index is 0.187. The molecule has 0 radical (unpaired) electrons. The van der Waals surface area contributed by atoms with E-state index in [2.05, 4.69) is 11.9 Å². The number of ether oxygens (including phenoxy) is 1. The monoisotopic (exact) mass is 422 g/mol. The quantitative estimate of drug-likeness (QED) is 0.326. The molecule has 154 valence electrons. The number of rotatable bonds is 8. The van der Waals surface area contributed by atoms with Crippen LogP contribution >= 0.6 is 11.3 Å². The molecule has 6 nitrogen and oxygen atoms in total. The number of carbonyl (C=O) groups excluding carboxylic acids is 3. The van der Waals surface area contributed by atoms with Gasteiger partial charge in [-0.3, -0.25) is 9.59 Å². The van der Waals surface area contributed by atoms with E-state index in [0.717, 1.165) is 11.4 Å². The molecule has 0 saturated carbocycles. The largest absolute Gasteiger partial charge is 0.454 e. The lowest BCUT2D eigenvalue weighted by atomic mass is 10.1. The molecule has 0 fully saturated rings. The van der Waals surface area contributed by atoms with Crippen molar-refractivity contribution in [3.8, 4) is 0 Å². The lowest BCUT2D eigenvalue weighted by molar-refractivity contribution is 0.0475. The number of benzene rings is 1. The van der Waals surface area contributed by atoms with E-state index in [1.807, 2.05) is 18.4 Å². The average Bonchev–Trinajstić information content (AvgIpc) is 3.37. The minimum Gasteiger partial charge on any atom is -0.454 e. The van der Waals surface area contributed by atoms with E-state index in [9.17, 15) is 14.4 Å². The van der Waals surface area contributed by atoms with Crippen molar-refractivity contribution < 1.29 is 19.1 Å². The minimum atomic E-state index is -0.676. The first kappa shape index (κ1) is 21.3. The number of nitrogens with zero attached hydrogens (tertiary/aromatic N) is 1. The highest BCUT2D eigenvalue weighted by Crippen LogP contribution is 2.20. The summed E-state index contributed by atoms with van der Waals surface area (Å²) in [6.07, 6.45) is 1.76. The van der Waals surface area contributed by atoms with Gasteiger partial charge in [-0.05, 0) is 43.5 Å². The molecular weight excluding hydrogens is 400 g/mol. The first-order chi connectivity index (χ1) is 14.4. The van der Waals surface area contributed by atoms with Crippen LogP contribution in [0.5, 0.6) is 0 Å². The Morgan fingerprint density at radius 1 is 1.13 bits per heavy atom. The summed E-state index contributed by atoms with van der Waals surface area (Å²) in [6.45, 7) is 7.70. The Morgan fingerprint density at radius 2 is 1.90 bits per heavy atom. The molecule has 1 N–H and O–H groups in total. The number of aromatic nitrogens is 1. The summed E-state index contributed by atoms with van der Waals surface area (Å²) < 4.78 is 7.22. The summed E-state index contributed by atoms with van der Waals surface area (Å²) in [5.41, 5.74) is 2.77. The first-order valence-electron chi connectivity index (χ1n) is 9.34. The maximum atomic E-state index is 12.6. The molecule has 0 saturated heterocycles. The van der Waals surface area contributed by atoms with Gasteiger partial charge in [0.2, 0.25) is 5.78 Å². The second-order valence-corrected chi connectivity index (χ2v) is 7.61. The molecule has 0 aliphatic carbocycles. The molecule has 0 atom stereocenters. The van der Waals surface area contributed by atoms with E-state index < -0.39 is 5.97 Å². The fourth-order valence-electron chi connectivity index (χ4n) is 3.14. The molecule has 0 spiro atoms. The van der Waals surface area contributed by atoms with Gasteiger partial charge in [-0.2, -0.15) is 0 Å². The van der Waals surface area contributed by atoms with E-state index in [0.29, 0.717) is 22.7 Å². The first-order valence-corrected chi connectivity index (χ1v) is 10.2. The molecule has 1 amide bonds. The van der Waals surface area contributed by atoms with E-state index >= 15 is 0 Å². The fraction of sp³-hybridized carbons (Fsp3) is 0.174. The zero-order chi connectivity index (χ0) is 21.7. The standard InChI is InChI=1S/C23H22N2O4S/c1-4-11-25-15(2)13-18(16(25)3)20(26)14-29-23(28)17-8-5-6-9-19(17)24-22(27)21-10-7-12-30-21/h4-10,12-13H,1,11,14H2,2-3H3,(H,24,27). The number of anilines is 1. The number of aryl methyl sites for hydroxylation is 1. The average molecular weight is 423 g/mol. The Hall–Kier alpha value is -3.45. The normalized spacial score (nSPS) is 10.5. The van der Waals surface area contributed by atoms with Crippen molar-refractivity contribution in [1.29, 1.82) is 0 Å². The van der Waals surface area contributed by atoms with Crippen LogP contribution in [0.1, 0.15) is 41.8 Å². The second-order valence-electron chi connectivity index (χ2n) is 6.66. The van der Waals surface area contributed by atoms with Gasteiger partial charge in [-0.1, -0.05) is 24.3 Å². The number of Topliss-reactive ketones (excluding diaryl/α,β-unsaturated/α-hetero) is 1. The second kappa shape index (κ2) is 9.37. The number of nitrogens with one attached hydrogen (secondary N) is 1. The fourth-order valence-corrected chi connectivity index (χ4v) is 3.76. The Morgan fingerprint density at radius 3 is 2.60 bits per heavy atom. The van der Waals surface area contributed by atoms with E-state index in [-0.39, 0.29) is 23.9 Å². The van der Waals surface area contributed by atoms with Gasteiger partial charge in [0.15, 0.2) is 6.61 Å². The molecule has 2 heterocycles. The SMILES string of the molecule is C=CCn1c(C)cc(C(=O)COC(=O)c2ccccc2NC(=O)c2cccs2)c1C. The molecule has 3 rings (SSSR count). The van der Waals surface area contributed by atoms with Crippen LogP contribution in [0.3, 0.4) is 0 Å². The van der Waals surface area contributed by atoms with Crippen molar-refractivity contribution in [2.24, 2.45) is 0 Å². The number of amides is 1. The zero-order valence-electron chi connectivity index (χ0n) is 16.8. The predicted octanol–water partition coefficient (Wildman–Crippen LogP) is 4.64. The number of ketones is 1. The third-order valence-corrected chi connectivity index (χ3v) is 5.53. The highest BCUT2D eigenvalue weighted by molar-refractivity contribution is 7.12. The van der Waals surface area contributed by atoms with E-state index in [1.165, 1.54) is 11.3 Å². The molecule has 0 unspecified atom stereocenters. The summed E-state index contributed by atoms with van der Waals surface area (Å²) in [5.74, 6) is -1.27. The van der Waals surface area contributed by atoms with Crippen LogP contribution in [0.25, 0.3) is 0 Å². The van der Waals surface area contributed by atoms with Crippen molar-refractivity contribution >= 4 is 34.7 Å². The maximum Gasteiger partial charge on any atom is 0.340 e. The number of carbonyl (C=O) groups is 3. The lowest BCUT2D eigenvalue weighted by Gasteiger charge is -2.10. The van der Waals surface area contributed by atoms with Gasteiger partial charge in [0.25, 0.3) is 5.91 Å². The summed E-state index contributed by atoms with van der Waals surface area (Å²) >= 11 is 1.30. The topological polar surface area (TPSA) is 77.4 Å². The Labute approximate surface area is 178 Å². The molecule has 0 aliphatic rings. The zero-order valence-corrected chi connectivity index (χ0v) is 17.6. The molecule has 0 bridgehead atoms. The number of allylic oxidation sites excluding steroid dienone is 1. The van der Waals surface area contributed by atoms with Gasteiger partial charge in [-0.25, -0.2) is 4.79 Å². The van der Waals surface area contributed by atoms with E-state index in [1.54, 1.807) is 53.9 Å². The van der Waals surface area contributed by atoms with Crippen LogP contribution in [0, 0.1) is 13.8 Å². The third-order valence-electron chi connectivity index (χ3n) is 4.66. The Kier molecular flexibility index (Phi) is 6.64. The maximum absolute atomic E-state index is 12.6. The van der Waals surface area contributed by atoms with Gasteiger partial charge >= 0.3 is 5.97 Å². The molecule has 0 aliphatic heterocycles. The highest BCUT2D eigenvalue weighted by atomic mass is 32.1. The smallest absolute Gasteiger partial charge is 0.340 e. The third kappa shape index (κ3) is 4.58. The number of thiophene rings is 1. The van der Waals surface area contributed by atoms with Gasteiger partial charge in [-0.15, -0.1) is 17.9 Å². The molecule has 7 heteroatoms. The van der Waals surface area contributed by atoms with Crippen molar-refractivity contribution in [2.75, 3.05) is 11.9 Å². The predicted molar refractivity (Wildman–Crippen MR) is 117 cm³/mol. The summed E-state index contributed by atoms with van der Waals surface area (Å²) in [5, 5.41) is 4.52. The van der Waals surface area contributed by atoms with Crippen molar-refractivity contribution in [1.82, 2.24) is 4.57 Å². The number of hydrogen-bond donors (Lipinski definition) is 1. The highest BCUT2D eigenvalue weighted by Gasteiger charge is 2.20. The summed E-state index contributed by atoms with van der Waals surface area (Å²) in [4.78, 5) is 38.0. The van der Waals surface area contributed by atoms with Gasteiger partial charge < -0.3 is 14.6 Å². The van der Waals surface area contributed by atoms with Crippen molar-refractivity contribution in [2.45, 2.75) is 20.4 Å². The molecule has 1 aromatic carbocycles. The van der Waals surface area contributed by atoms with Crippen LogP contribution in [-0.4, -0.2) is 28.8 Å². The number of esters is 1. The lowest BCUT2D eigenvalue weighted by Crippen LogP contribution is -2.18. The summed E-state index contributed by atoms with van der Waals surface area (Å²) in [6, 6.07) is 11.8. The van der Waals surface area contributed by atoms with Crippen LogP contribution in [0.4, 0.5) is 5.69 Å². The summed E-state index contributed by atoms with van der Waals surface area (Å²) in [7, 11) is 0. The van der Waals surface area contributed by atoms with Crippen LogP contribution in [0.2, 0.25) is 0 Å². The Bertz CT molecular complexity index is 1100. The van der Waals surface area contributed by atoms with Crippen molar-refractivity contribution in [3.05, 3.63) is 87.9 Å². The van der Waals surface area contributed by atoms with Crippen molar-refractivity contribution in [3.63, 3.8) is 0 Å².